The molecule has 1 aromatic rings. The average molecular weight is 320 g/mol. The maximum atomic E-state index is 11.7. The molecule has 6 heteroatoms. The number of aryl methyl sites for hydroxylation is 1. The highest BCUT2D eigenvalue weighted by atomic mass is 35.5. The van der Waals surface area contributed by atoms with Crippen LogP contribution in [0.5, 0.6) is 0 Å². The van der Waals surface area contributed by atoms with Gasteiger partial charge in [0, 0.05) is 17.0 Å². The van der Waals surface area contributed by atoms with Crippen molar-refractivity contribution < 1.29 is 8.42 Å². The number of nitrogens with one attached hydrogen (secondary N) is 1. The van der Waals surface area contributed by atoms with Crippen LogP contribution in [0.4, 0.5) is 0 Å². The minimum atomic E-state index is -2.84. The van der Waals surface area contributed by atoms with E-state index in [0.29, 0.717) is 5.75 Å². The van der Waals surface area contributed by atoms with Gasteiger partial charge in [0.05, 0.1) is 15.8 Å². The van der Waals surface area contributed by atoms with Gasteiger partial charge in [0.25, 0.3) is 0 Å². The van der Waals surface area contributed by atoms with Crippen LogP contribution in [-0.4, -0.2) is 26.0 Å². The van der Waals surface area contributed by atoms with E-state index in [0.717, 1.165) is 36.4 Å². The van der Waals surface area contributed by atoms with Crippen molar-refractivity contribution in [2.45, 2.75) is 44.2 Å². The van der Waals surface area contributed by atoms with E-state index in [1.54, 1.807) is 11.3 Å². The second-order valence-electron chi connectivity index (χ2n) is 5.49. The Bertz CT molecular complexity index is 567. The van der Waals surface area contributed by atoms with Crippen molar-refractivity contribution in [1.82, 2.24) is 5.32 Å². The van der Waals surface area contributed by atoms with E-state index in [9.17, 15) is 8.42 Å². The molecule has 0 spiro atoms. The molecule has 1 fully saturated rings. The van der Waals surface area contributed by atoms with E-state index in [4.69, 9.17) is 11.6 Å². The van der Waals surface area contributed by atoms with Crippen molar-refractivity contribution in [2.75, 3.05) is 11.5 Å². The summed E-state index contributed by atoms with van der Waals surface area (Å²) in [6, 6.07) is 2.44. The van der Waals surface area contributed by atoms with Crippen molar-refractivity contribution in [3.63, 3.8) is 0 Å². The molecule has 0 bridgehead atoms. The van der Waals surface area contributed by atoms with Crippen LogP contribution in [0.3, 0.4) is 0 Å². The van der Waals surface area contributed by atoms with Crippen molar-refractivity contribution in [3.05, 3.63) is 20.8 Å². The predicted molar refractivity (Wildman–Crippen MR) is 79.8 cm³/mol. The summed E-state index contributed by atoms with van der Waals surface area (Å²) in [5.74, 6) is 0.641. The summed E-state index contributed by atoms with van der Waals surface area (Å²) in [4.78, 5) is 1.37. The minimum Gasteiger partial charge on any atom is -0.306 e. The lowest BCUT2D eigenvalue weighted by atomic mass is 9.93. The molecule has 2 aliphatic rings. The molecule has 2 atom stereocenters. The molecule has 0 aromatic carbocycles. The highest BCUT2D eigenvalue weighted by molar-refractivity contribution is 7.91. The van der Waals surface area contributed by atoms with Gasteiger partial charge in [0.15, 0.2) is 9.84 Å². The monoisotopic (exact) mass is 319 g/mol. The van der Waals surface area contributed by atoms with Crippen molar-refractivity contribution in [2.24, 2.45) is 0 Å². The summed E-state index contributed by atoms with van der Waals surface area (Å²) in [6.45, 7) is 0. The van der Waals surface area contributed by atoms with Crippen LogP contribution < -0.4 is 5.32 Å². The molecule has 0 amide bonds. The Morgan fingerprint density at radius 2 is 2.16 bits per heavy atom. The quantitative estimate of drug-likeness (QED) is 0.911. The molecule has 0 saturated carbocycles. The van der Waals surface area contributed by atoms with E-state index < -0.39 is 9.84 Å². The first-order valence-electron chi connectivity index (χ1n) is 6.78. The SMILES string of the molecule is O=S1(=O)CCCC(NC2CCCc3sc(Cl)cc32)C1. The topological polar surface area (TPSA) is 46.2 Å². The molecular weight excluding hydrogens is 302 g/mol. The van der Waals surface area contributed by atoms with Crippen LogP contribution in [0.1, 0.15) is 42.2 Å². The molecular formula is C13H18ClNO2S2. The number of rotatable bonds is 2. The van der Waals surface area contributed by atoms with Gasteiger partial charge in [-0.2, -0.15) is 0 Å². The lowest BCUT2D eigenvalue weighted by Gasteiger charge is -2.30. The third-order valence-corrected chi connectivity index (χ3v) is 7.14. The van der Waals surface area contributed by atoms with Gasteiger partial charge < -0.3 is 5.32 Å². The summed E-state index contributed by atoms with van der Waals surface area (Å²) < 4.78 is 24.2. The first-order valence-corrected chi connectivity index (χ1v) is 9.80. The summed E-state index contributed by atoms with van der Waals surface area (Å²) in [5, 5.41) is 3.55. The highest BCUT2D eigenvalue weighted by Crippen LogP contribution is 2.38. The normalized spacial score (nSPS) is 29.9. The molecule has 1 saturated heterocycles. The van der Waals surface area contributed by atoms with Crippen molar-refractivity contribution in [1.29, 1.82) is 0 Å². The predicted octanol–water partition coefficient (Wildman–Crippen LogP) is 2.95. The van der Waals surface area contributed by atoms with E-state index in [-0.39, 0.29) is 17.8 Å². The van der Waals surface area contributed by atoms with Gasteiger partial charge in [0.2, 0.25) is 0 Å². The van der Waals surface area contributed by atoms with Crippen LogP contribution in [0.25, 0.3) is 0 Å². The Labute approximate surface area is 123 Å². The molecule has 19 heavy (non-hydrogen) atoms. The van der Waals surface area contributed by atoms with E-state index in [1.807, 2.05) is 0 Å². The number of fused-ring (bicyclic) bond motifs is 1. The number of halogens is 1. The molecule has 2 unspecified atom stereocenters. The lowest BCUT2D eigenvalue weighted by molar-refractivity contribution is 0.388. The zero-order chi connectivity index (χ0) is 13.5. The van der Waals surface area contributed by atoms with Crippen LogP contribution in [0, 0.1) is 0 Å². The Hall–Kier alpha value is -0.100. The van der Waals surface area contributed by atoms with E-state index in [1.165, 1.54) is 10.4 Å². The molecule has 106 valence electrons. The lowest BCUT2D eigenvalue weighted by Crippen LogP contribution is -2.42. The third-order valence-electron chi connectivity index (χ3n) is 3.98. The molecule has 3 nitrogen and oxygen atoms in total. The van der Waals surface area contributed by atoms with Gasteiger partial charge in [-0.1, -0.05) is 11.6 Å². The number of thiophene rings is 1. The smallest absolute Gasteiger partial charge is 0.151 e. The number of sulfone groups is 1. The highest BCUT2D eigenvalue weighted by Gasteiger charge is 2.29. The second-order valence-corrected chi connectivity index (χ2v) is 9.49. The minimum absolute atomic E-state index is 0.105. The fourth-order valence-corrected chi connectivity index (χ4v) is 6.17. The molecule has 1 aromatic heterocycles. The summed E-state index contributed by atoms with van der Waals surface area (Å²) >= 11 is 7.76. The first-order chi connectivity index (χ1) is 9.03. The Morgan fingerprint density at radius 3 is 2.95 bits per heavy atom. The zero-order valence-corrected chi connectivity index (χ0v) is 13.1. The molecule has 1 N–H and O–H groups in total. The molecule has 2 heterocycles. The van der Waals surface area contributed by atoms with Gasteiger partial charge in [-0.15, -0.1) is 11.3 Å². The van der Waals surface area contributed by atoms with Crippen LogP contribution in [-0.2, 0) is 16.3 Å². The van der Waals surface area contributed by atoms with Gasteiger partial charge >= 0.3 is 0 Å². The maximum Gasteiger partial charge on any atom is 0.151 e. The molecule has 0 radical (unpaired) electrons. The second kappa shape index (κ2) is 5.35. The average Bonchev–Trinajstić information content (AvgIpc) is 2.69. The summed E-state index contributed by atoms with van der Waals surface area (Å²) in [6.07, 6.45) is 5.08. The zero-order valence-electron chi connectivity index (χ0n) is 10.7. The van der Waals surface area contributed by atoms with Gasteiger partial charge in [-0.05, 0) is 43.7 Å². The Kier molecular flexibility index (Phi) is 3.91. The van der Waals surface area contributed by atoms with Crippen molar-refractivity contribution in [3.8, 4) is 0 Å². The molecule has 1 aliphatic carbocycles. The van der Waals surface area contributed by atoms with Gasteiger partial charge in [-0.3, -0.25) is 0 Å². The molecule has 1 aliphatic heterocycles. The standard InChI is InChI=1S/C13H18ClNO2S2/c14-13-7-10-11(4-1-5-12(10)18-13)15-9-3-2-6-19(16,17)8-9/h7,9,11,15H,1-6,8H2. The van der Waals surface area contributed by atoms with Crippen LogP contribution >= 0.6 is 22.9 Å². The maximum absolute atomic E-state index is 11.7. The van der Waals surface area contributed by atoms with Gasteiger partial charge in [-0.25, -0.2) is 8.42 Å². The van der Waals surface area contributed by atoms with Gasteiger partial charge in [0.1, 0.15) is 0 Å². The number of hydrogen-bond acceptors (Lipinski definition) is 4. The Balaban J connectivity index is 1.74. The van der Waals surface area contributed by atoms with Crippen LogP contribution in [0.15, 0.2) is 6.07 Å². The first kappa shape index (κ1) is 13.9. The summed E-state index contributed by atoms with van der Waals surface area (Å²) in [7, 11) is -2.84. The molecule has 3 rings (SSSR count). The van der Waals surface area contributed by atoms with E-state index >= 15 is 0 Å². The number of hydrogen-bond donors (Lipinski definition) is 1. The fraction of sp³-hybridized carbons (Fsp3) is 0.692. The summed E-state index contributed by atoms with van der Waals surface area (Å²) in [5.41, 5.74) is 1.30. The largest absolute Gasteiger partial charge is 0.306 e. The van der Waals surface area contributed by atoms with Crippen molar-refractivity contribution >= 4 is 32.8 Å². The van der Waals surface area contributed by atoms with E-state index in [2.05, 4.69) is 11.4 Å². The van der Waals surface area contributed by atoms with Crippen LogP contribution in [0.2, 0.25) is 4.34 Å². The fourth-order valence-electron chi connectivity index (χ4n) is 3.13. The Morgan fingerprint density at radius 1 is 1.32 bits per heavy atom. The third kappa shape index (κ3) is 3.15.